The van der Waals surface area contributed by atoms with E-state index in [1.165, 1.54) is 12.1 Å². The van der Waals surface area contributed by atoms with Crippen LogP contribution in [0.3, 0.4) is 0 Å². The Bertz CT molecular complexity index is 711. The van der Waals surface area contributed by atoms with Crippen molar-refractivity contribution >= 4 is 17.4 Å². The lowest BCUT2D eigenvalue weighted by Gasteiger charge is -2.19. The van der Waals surface area contributed by atoms with Gasteiger partial charge in [0, 0.05) is 23.3 Å². The molecule has 0 saturated carbocycles. The fourth-order valence-electron chi connectivity index (χ4n) is 2.08. The fourth-order valence-corrected chi connectivity index (χ4v) is 2.32. The number of carbonyl (C=O) groups is 1. The van der Waals surface area contributed by atoms with E-state index in [0.29, 0.717) is 30.8 Å². The van der Waals surface area contributed by atoms with Crippen LogP contribution in [0.15, 0.2) is 30.3 Å². The highest BCUT2D eigenvalue weighted by molar-refractivity contribution is 6.35. The third kappa shape index (κ3) is 2.69. The summed E-state index contributed by atoms with van der Waals surface area (Å²) < 4.78 is 37.1. The van der Waals surface area contributed by atoms with Gasteiger partial charge in [-0.15, -0.1) is 0 Å². The molecule has 0 saturated heterocycles. The number of fused-ring (bicyclic) bond motifs is 1. The van der Waals surface area contributed by atoms with E-state index in [0.717, 1.165) is 12.1 Å². The summed E-state index contributed by atoms with van der Waals surface area (Å²) in [5.41, 5.74) is -0.0167. The third-order valence-electron chi connectivity index (χ3n) is 3.00. The van der Waals surface area contributed by atoms with E-state index in [4.69, 9.17) is 21.1 Å². The average molecular weight is 311 g/mol. The van der Waals surface area contributed by atoms with Crippen LogP contribution in [0.4, 0.5) is 8.78 Å². The molecule has 0 aliphatic carbocycles. The van der Waals surface area contributed by atoms with Crippen molar-refractivity contribution in [3.8, 4) is 11.5 Å². The van der Waals surface area contributed by atoms with Crippen molar-refractivity contribution in [2.75, 3.05) is 13.2 Å². The number of ketones is 1. The summed E-state index contributed by atoms with van der Waals surface area (Å²) in [4.78, 5) is 12.3. The van der Waals surface area contributed by atoms with Gasteiger partial charge in [0.15, 0.2) is 17.3 Å². The normalized spacial score (nSPS) is 13.1. The Morgan fingerprint density at radius 1 is 0.952 bits per heavy atom. The van der Waals surface area contributed by atoms with Crippen LogP contribution in [0, 0.1) is 11.6 Å². The van der Waals surface area contributed by atoms with Gasteiger partial charge < -0.3 is 9.47 Å². The first-order chi connectivity index (χ1) is 10.0. The molecule has 2 aromatic rings. The van der Waals surface area contributed by atoms with E-state index in [-0.39, 0.29) is 16.1 Å². The van der Waals surface area contributed by atoms with Gasteiger partial charge in [0.05, 0.1) is 5.02 Å². The Hall–Kier alpha value is -2.14. The predicted molar refractivity (Wildman–Crippen MR) is 72.2 cm³/mol. The number of hydrogen-bond donors (Lipinski definition) is 0. The minimum atomic E-state index is -0.827. The molecule has 2 aromatic carbocycles. The molecule has 108 valence electrons. The van der Waals surface area contributed by atoms with Gasteiger partial charge in [-0.2, -0.15) is 0 Å². The standard InChI is InChI=1S/C15H9ClF2O3/c16-12-7-14-13(20-1-2-21-14)6-11(12)15(19)8-3-9(17)5-10(18)4-8/h3-7H,1-2H2. The van der Waals surface area contributed by atoms with Crippen molar-refractivity contribution in [1.82, 2.24) is 0 Å². The van der Waals surface area contributed by atoms with Crippen LogP contribution in [0.2, 0.25) is 5.02 Å². The van der Waals surface area contributed by atoms with Crippen LogP contribution >= 0.6 is 11.6 Å². The topological polar surface area (TPSA) is 35.5 Å². The second kappa shape index (κ2) is 5.33. The molecule has 0 aromatic heterocycles. The molecule has 1 aliphatic heterocycles. The van der Waals surface area contributed by atoms with Crippen LogP contribution in [0.5, 0.6) is 11.5 Å². The number of rotatable bonds is 2. The maximum Gasteiger partial charge on any atom is 0.194 e. The smallest absolute Gasteiger partial charge is 0.194 e. The maximum absolute atomic E-state index is 13.2. The Balaban J connectivity index is 2.05. The molecule has 1 heterocycles. The number of hydrogen-bond acceptors (Lipinski definition) is 3. The van der Waals surface area contributed by atoms with Gasteiger partial charge in [-0.25, -0.2) is 8.78 Å². The molecule has 0 N–H and O–H groups in total. The highest BCUT2D eigenvalue weighted by Gasteiger charge is 2.20. The Labute approximate surface area is 124 Å². The third-order valence-corrected chi connectivity index (χ3v) is 3.31. The van der Waals surface area contributed by atoms with Crippen molar-refractivity contribution in [2.45, 2.75) is 0 Å². The molecular formula is C15H9ClF2O3. The molecule has 21 heavy (non-hydrogen) atoms. The molecule has 0 unspecified atom stereocenters. The summed E-state index contributed by atoms with van der Waals surface area (Å²) >= 11 is 6.04. The molecule has 3 nitrogen and oxygen atoms in total. The Morgan fingerprint density at radius 3 is 2.14 bits per heavy atom. The summed E-state index contributed by atoms with van der Waals surface area (Å²) in [6, 6.07) is 5.49. The Kier molecular flexibility index (Phi) is 3.51. The predicted octanol–water partition coefficient (Wildman–Crippen LogP) is 3.62. The molecule has 3 rings (SSSR count). The van der Waals surface area contributed by atoms with Crippen LogP contribution in [-0.4, -0.2) is 19.0 Å². The van der Waals surface area contributed by atoms with Crippen molar-refractivity contribution in [3.63, 3.8) is 0 Å². The lowest BCUT2D eigenvalue weighted by atomic mass is 10.0. The van der Waals surface area contributed by atoms with E-state index < -0.39 is 17.4 Å². The summed E-state index contributed by atoms with van der Waals surface area (Å²) in [7, 11) is 0. The zero-order valence-electron chi connectivity index (χ0n) is 10.7. The summed E-state index contributed by atoms with van der Waals surface area (Å²) in [5.74, 6) is -1.42. The van der Waals surface area contributed by atoms with Gasteiger partial charge in [0.25, 0.3) is 0 Å². The fraction of sp³-hybridized carbons (Fsp3) is 0.133. The van der Waals surface area contributed by atoms with Crippen LogP contribution in [-0.2, 0) is 0 Å². The summed E-state index contributed by atoms with van der Waals surface area (Å²) in [6.45, 7) is 0.753. The minimum absolute atomic E-state index is 0.103. The zero-order valence-corrected chi connectivity index (χ0v) is 11.4. The number of carbonyl (C=O) groups excluding carboxylic acids is 1. The van der Waals surface area contributed by atoms with Crippen molar-refractivity contribution in [3.05, 3.63) is 58.1 Å². The molecule has 6 heteroatoms. The van der Waals surface area contributed by atoms with Gasteiger partial charge in [0.1, 0.15) is 24.8 Å². The Morgan fingerprint density at radius 2 is 1.52 bits per heavy atom. The molecule has 0 spiro atoms. The van der Waals surface area contributed by atoms with Gasteiger partial charge in [-0.3, -0.25) is 4.79 Å². The summed E-state index contributed by atoms with van der Waals surface area (Å²) in [6.07, 6.45) is 0. The first-order valence-corrected chi connectivity index (χ1v) is 6.52. The van der Waals surface area contributed by atoms with Gasteiger partial charge >= 0.3 is 0 Å². The van der Waals surface area contributed by atoms with Crippen LogP contribution < -0.4 is 9.47 Å². The molecule has 1 aliphatic rings. The highest BCUT2D eigenvalue weighted by atomic mass is 35.5. The van der Waals surface area contributed by atoms with E-state index >= 15 is 0 Å². The summed E-state index contributed by atoms with van der Waals surface area (Å²) in [5, 5.41) is 0.133. The second-order valence-corrected chi connectivity index (χ2v) is 4.87. The van der Waals surface area contributed by atoms with Gasteiger partial charge in [0.2, 0.25) is 0 Å². The molecule has 0 fully saturated rings. The zero-order chi connectivity index (χ0) is 15.0. The first-order valence-electron chi connectivity index (χ1n) is 6.14. The number of ether oxygens (including phenoxy) is 2. The van der Waals surface area contributed by atoms with Crippen LogP contribution in [0.25, 0.3) is 0 Å². The van der Waals surface area contributed by atoms with E-state index in [1.807, 2.05) is 0 Å². The first kappa shape index (κ1) is 13.8. The molecular weight excluding hydrogens is 302 g/mol. The van der Waals surface area contributed by atoms with Crippen LogP contribution in [0.1, 0.15) is 15.9 Å². The monoisotopic (exact) mass is 310 g/mol. The quantitative estimate of drug-likeness (QED) is 0.795. The minimum Gasteiger partial charge on any atom is -0.486 e. The van der Waals surface area contributed by atoms with E-state index in [1.54, 1.807) is 0 Å². The van der Waals surface area contributed by atoms with Crippen molar-refractivity contribution in [2.24, 2.45) is 0 Å². The average Bonchev–Trinajstić information content (AvgIpc) is 2.44. The van der Waals surface area contributed by atoms with Gasteiger partial charge in [-0.1, -0.05) is 11.6 Å². The van der Waals surface area contributed by atoms with E-state index in [2.05, 4.69) is 0 Å². The maximum atomic E-state index is 13.2. The van der Waals surface area contributed by atoms with Crippen molar-refractivity contribution in [1.29, 1.82) is 0 Å². The van der Waals surface area contributed by atoms with E-state index in [9.17, 15) is 13.6 Å². The molecule has 0 atom stereocenters. The number of benzene rings is 2. The molecule has 0 amide bonds. The molecule has 0 bridgehead atoms. The lowest BCUT2D eigenvalue weighted by Crippen LogP contribution is -2.16. The van der Waals surface area contributed by atoms with Gasteiger partial charge in [-0.05, 0) is 18.2 Å². The molecule has 0 radical (unpaired) electrons. The highest BCUT2D eigenvalue weighted by Crippen LogP contribution is 2.36. The largest absolute Gasteiger partial charge is 0.486 e. The number of halogens is 3. The van der Waals surface area contributed by atoms with Crippen molar-refractivity contribution < 1.29 is 23.0 Å². The second-order valence-electron chi connectivity index (χ2n) is 4.46. The SMILES string of the molecule is O=C(c1cc(F)cc(F)c1)c1cc2c(cc1Cl)OCCO2. The lowest BCUT2D eigenvalue weighted by molar-refractivity contribution is 0.103.